The topological polar surface area (TPSA) is 72.7 Å². The molecule has 0 unspecified atom stereocenters. The molecule has 1 aromatic carbocycles. The van der Waals surface area contributed by atoms with E-state index < -0.39 is 4.92 Å². The third-order valence-corrected chi connectivity index (χ3v) is 3.71. The molecule has 0 atom stereocenters. The zero-order chi connectivity index (χ0) is 15.1. The molecule has 0 radical (unpaired) electrons. The Kier molecular flexibility index (Phi) is 6.86. The van der Waals surface area contributed by atoms with Gasteiger partial charge in [-0.1, -0.05) is 0 Å². The molecular weight excluding hydrogens is 375 g/mol. The van der Waals surface area contributed by atoms with Crippen molar-refractivity contribution in [1.29, 1.82) is 0 Å². The summed E-state index contributed by atoms with van der Waals surface area (Å²) < 4.78 is 5.94. The van der Waals surface area contributed by atoms with Crippen molar-refractivity contribution in [3.8, 4) is 0 Å². The fraction of sp³-hybridized carbons (Fsp3) is 0.462. The van der Waals surface area contributed by atoms with Crippen LogP contribution in [0, 0.1) is 13.7 Å². The molecule has 0 fully saturated rings. The lowest BCUT2D eigenvalue weighted by molar-refractivity contribution is -0.384. The first-order valence-electron chi connectivity index (χ1n) is 6.32. The van der Waals surface area contributed by atoms with Gasteiger partial charge in [-0.3, -0.25) is 14.9 Å². The number of likely N-dealkylation sites (N-methyl/N-ethyl adjacent to an activating group) is 1. The maximum Gasteiger partial charge on any atom is 0.270 e. The minimum atomic E-state index is -0.497. The molecule has 0 bridgehead atoms. The van der Waals surface area contributed by atoms with Crippen molar-refractivity contribution in [2.45, 2.75) is 13.8 Å². The maximum absolute atomic E-state index is 12.4. The number of carbonyl (C=O) groups is 1. The monoisotopic (exact) mass is 392 g/mol. The summed E-state index contributed by atoms with van der Waals surface area (Å²) >= 11 is 2.01. The standard InChI is InChI=1S/C13H17IN2O4/c1-3-15(7-8-20-4-2)13(17)11-9-10(16(18)19)5-6-12(11)14/h5-6,9H,3-4,7-8H2,1-2H3. The number of rotatable bonds is 7. The smallest absolute Gasteiger partial charge is 0.270 e. The zero-order valence-electron chi connectivity index (χ0n) is 11.5. The van der Waals surface area contributed by atoms with Crippen LogP contribution < -0.4 is 0 Å². The van der Waals surface area contributed by atoms with Crippen molar-refractivity contribution >= 4 is 34.2 Å². The van der Waals surface area contributed by atoms with E-state index in [9.17, 15) is 14.9 Å². The highest BCUT2D eigenvalue weighted by molar-refractivity contribution is 14.1. The van der Waals surface area contributed by atoms with Crippen LogP contribution in [0.4, 0.5) is 5.69 Å². The molecular formula is C13H17IN2O4. The second-order valence-corrected chi connectivity index (χ2v) is 5.17. The van der Waals surface area contributed by atoms with Crippen LogP contribution in [0.15, 0.2) is 18.2 Å². The van der Waals surface area contributed by atoms with Crippen LogP contribution in [-0.2, 0) is 4.74 Å². The van der Waals surface area contributed by atoms with Crippen molar-refractivity contribution in [1.82, 2.24) is 4.90 Å². The summed E-state index contributed by atoms with van der Waals surface area (Å²) in [6.45, 7) is 5.82. The summed E-state index contributed by atoms with van der Waals surface area (Å²) in [7, 11) is 0. The lowest BCUT2D eigenvalue weighted by Gasteiger charge is -2.21. The normalized spacial score (nSPS) is 10.3. The van der Waals surface area contributed by atoms with Crippen molar-refractivity contribution < 1.29 is 14.5 Å². The molecule has 6 nitrogen and oxygen atoms in total. The lowest BCUT2D eigenvalue weighted by Crippen LogP contribution is -2.34. The fourth-order valence-electron chi connectivity index (χ4n) is 1.68. The van der Waals surface area contributed by atoms with Gasteiger partial charge in [-0.15, -0.1) is 0 Å². The van der Waals surface area contributed by atoms with Crippen molar-refractivity contribution in [2.75, 3.05) is 26.3 Å². The van der Waals surface area contributed by atoms with Gasteiger partial charge in [0, 0.05) is 35.4 Å². The highest BCUT2D eigenvalue weighted by Crippen LogP contribution is 2.21. The fourth-order valence-corrected chi connectivity index (χ4v) is 2.25. The highest BCUT2D eigenvalue weighted by Gasteiger charge is 2.19. The molecule has 7 heteroatoms. The predicted octanol–water partition coefficient (Wildman–Crippen LogP) is 2.70. The van der Waals surface area contributed by atoms with Gasteiger partial charge in [0.15, 0.2) is 0 Å². The molecule has 0 N–H and O–H groups in total. The van der Waals surface area contributed by atoms with E-state index in [1.807, 2.05) is 36.4 Å². The summed E-state index contributed by atoms with van der Waals surface area (Å²) in [5, 5.41) is 10.8. The van der Waals surface area contributed by atoms with Crippen molar-refractivity contribution in [3.63, 3.8) is 0 Å². The number of benzene rings is 1. The molecule has 110 valence electrons. The number of non-ortho nitro benzene ring substituents is 1. The Morgan fingerprint density at radius 1 is 1.45 bits per heavy atom. The van der Waals surface area contributed by atoms with Gasteiger partial charge in [-0.05, 0) is 42.5 Å². The van der Waals surface area contributed by atoms with Crippen molar-refractivity contribution in [2.24, 2.45) is 0 Å². The van der Waals surface area contributed by atoms with Gasteiger partial charge in [0.1, 0.15) is 0 Å². The Labute approximate surface area is 131 Å². The summed E-state index contributed by atoms with van der Waals surface area (Å²) in [5.74, 6) is -0.208. The molecule has 1 aromatic rings. The van der Waals surface area contributed by atoms with Crippen LogP contribution in [0.3, 0.4) is 0 Å². The summed E-state index contributed by atoms with van der Waals surface area (Å²) in [6, 6.07) is 4.31. The first-order valence-corrected chi connectivity index (χ1v) is 7.40. The van der Waals surface area contributed by atoms with Gasteiger partial charge in [-0.2, -0.15) is 0 Å². The van der Waals surface area contributed by atoms with E-state index in [0.29, 0.717) is 35.4 Å². The number of halogens is 1. The molecule has 0 saturated heterocycles. The first-order chi connectivity index (χ1) is 9.51. The van der Waals surface area contributed by atoms with E-state index in [1.165, 1.54) is 12.1 Å². The second-order valence-electron chi connectivity index (χ2n) is 4.00. The van der Waals surface area contributed by atoms with E-state index in [2.05, 4.69) is 0 Å². The molecule has 20 heavy (non-hydrogen) atoms. The van der Waals surface area contributed by atoms with E-state index in [-0.39, 0.29) is 11.6 Å². The average molecular weight is 392 g/mol. The van der Waals surface area contributed by atoms with Gasteiger partial charge in [0.25, 0.3) is 11.6 Å². The molecule has 0 aliphatic rings. The molecule has 0 aliphatic carbocycles. The minimum absolute atomic E-state index is 0.0744. The maximum atomic E-state index is 12.4. The molecule has 0 aromatic heterocycles. The summed E-state index contributed by atoms with van der Waals surface area (Å²) in [5.41, 5.74) is 0.285. The van der Waals surface area contributed by atoms with Gasteiger partial charge in [0.05, 0.1) is 17.1 Å². The van der Waals surface area contributed by atoms with E-state index in [0.717, 1.165) is 0 Å². The number of amides is 1. The van der Waals surface area contributed by atoms with E-state index in [1.54, 1.807) is 11.0 Å². The number of ether oxygens (including phenoxy) is 1. The zero-order valence-corrected chi connectivity index (χ0v) is 13.6. The Balaban J connectivity index is 2.93. The van der Waals surface area contributed by atoms with Crippen LogP contribution in [0.2, 0.25) is 0 Å². The summed E-state index contributed by atoms with van der Waals surface area (Å²) in [4.78, 5) is 24.3. The first kappa shape index (κ1) is 16.8. The van der Waals surface area contributed by atoms with E-state index in [4.69, 9.17) is 4.74 Å². The molecule has 0 saturated carbocycles. The third kappa shape index (κ3) is 4.41. The highest BCUT2D eigenvalue weighted by atomic mass is 127. The number of nitro groups is 1. The molecule has 1 amide bonds. The minimum Gasteiger partial charge on any atom is -0.380 e. The number of nitro benzene ring substituents is 1. The largest absolute Gasteiger partial charge is 0.380 e. The third-order valence-electron chi connectivity index (χ3n) is 2.77. The summed E-state index contributed by atoms with van der Waals surface area (Å²) in [6.07, 6.45) is 0. The number of hydrogen-bond donors (Lipinski definition) is 0. The molecule has 1 rings (SSSR count). The SMILES string of the molecule is CCOCCN(CC)C(=O)c1cc([N+](=O)[O-])ccc1I. The number of carbonyl (C=O) groups excluding carboxylic acids is 1. The van der Waals surface area contributed by atoms with Gasteiger partial charge < -0.3 is 9.64 Å². The predicted molar refractivity (Wildman–Crippen MR) is 83.9 cm³/mol. The van der Waals surface area contributed by atoms with Crippen LogP contribution in [0.1, 0.15) is 24.2 Å². The molecule has 0 aliphatic heterocycles. The van der Waals surface area contributed by atoms with Crippen LogP contribution in [0.25, 0.3) is 0 Å². The van der Waals surface area contributed by atoms with Crippen molar-refractivity contribution in [3.05, 3.63) is 37.4 Å². The number of nitrogens with zero attached hydrogens (tertiary/aromatic N) is 2. The van der Waals surface area contributed by atoms with Crippen LogP contribution in [0.5, 0.6) is 0 Å². The second kappa shape index (κ2) is 8.15. The van der Waals surface area contributed by atoms with Crippen LogP contribution in [-0.4, -0.2) is 42.0 Å². The van der Waals surface area contributed by atoms with Gasteiger partial charge >= 0.3 is 0 Å². The van der Waals surface area contributed by atoms with E-state index >= 15 is 0 Å². The average Bonchev–Trinajstić information content (AvgIpc) is 2.43. The van der Waals surface area contributed by atoms with Gasteiger partial charge in [-0.25, -0.2) is 0 Å². The Morgan fingerprint density at radius 2 is 2.15 bits per heavy atom. The quantitative estimate of drug-likeness (QED) is 0.310. The Morgan fingerprint density at radius 3 is 2.70 bits per heavy atom. The Bertz CT molecular complexity index is 493. The molecule has 0 spiro atoms. The van der Waals surface area contributed by atoms with Gasteiger partial charge in [0.2, 0.25) is 0 Å². The van der Waals surface area contributed by atoms with Crippen LogP contribution >= 0.6 is 22.6 Å². The number of hydrogen-bond acceptors (Lipinski definition) is 4. The Hall–Kier alpha value is -1.22. The molecule has 0 heterocycles. The lowest BCUT2D eigenvalue weighted by atomic mass is 10.1.